The summed E-state index contributed by atoms with van der Waals surface area (Å²) in [6, 6.07) is 21.5. The normalized spacial score (nSPS) is 11.1. The SMILES string of the molecule is CCCCCN(C(=O)CCC)c1ccc2nc(CCCC)n(Cc3ccc(-c4ccccc4OC(=O)O)cc3)c2c1. The van der Waals surface area contributed by atoms with Gasteiger partial charge in [0.1, 0.15) is 11.6 Å². The topological polar surface area (TPSA) is 84.7 Å². The minimum atomic E-state index is -1.33. The van der Waals surface area contributed by atoms with Crippen LogP contribution in [-0.4, -0.2) is 33.3 Å². The molecule has 0 unspecified atom stereocenters. The third kappa shape index (κ3) is 7.54. The summed E-state index contributed by atoms with van der Waals surface area (Å²) < 4.78 is 7.26. The summed E-state index contributed by atoms with van der Waals surface area (Å²) in [5, 5.41) is 9.11. The first kappa shape index (κ1) is 29.8. The van der Waals surface area contributed by atoms with Crippen molar-refractivity contribution in [1.29, 1.82) is 0 Å². The maximum atomic E-state index is 13.1. The Balaban J connectivity index is 1.68. The third-order valence-electron chi connectivity index (χ3n) is 7.32. The van der Waals surface area contributed by atoms with E-state index in [1.807, 2.05) is 48.2 Å². The van der Waals surface area contributed by atoms with Crippen LogP contribution in [0.25, 0.3) is 22.2 Å². The van der Waals surface area contributed by atoms with Crippen molar-refractivity contribution < 1.29 is 19.4 Å². The number of hydrogen-bond acceptors (Lipinski definition) is 4. The molecule has 0 aliphatic rings. The highest BCUT2D eigenvalue weighted by molar-refractivity contribution is 5.95. The lowest BCUT2D eigenvalue weighted by Crippen LogP contribution is -2.31. The fourth-order valence-electron chi connectivity index (χ4n) is 5.16. The van der Waals surface area contributed by atoms with Gasteiger partial charge in [-0.15, -0.1) is 0 Å². The molecule has 0 bridgehead atoms. The summed E-state index contributed by atoms with van der Waals surface area (Å²) in [5.41, 5.74) is 5.61. The monoisotopic (exact) mass is 555 g/mol. The van der Waals surface area contributed by atoms with Gasteiger partial charge in [-0.25, -0.2) is 9.78 Å². The van der Waals surface area contributed by atoms with Crippen LogP contribution in [0.1, 0.15) is 77.1 Å². The van der Waals surface area contributed by atoms with E-state index in [1.54, 1.807) is 12.1 Å². The van der Waals surface area contributed by atoms with Crippen molar-refractivity contribution in [2.24, 2.45) is 0 Å². The van der Waals surface area contributed by atoms with Gasteiger partial charge in [0, 0.05) is 37.2 Å². The number of carboxylic acid groups (broad SMARTS) is 1. The molecule has 0 fully saturated rings. The standard InChI is InChI=1S/C34H41N3O4/c1-4-7-11-22-36(33(38)12-6-3)27-20-21-29-30(23-27)37(32(35-29)15-8-5-2)24-25-16-18-26(19-17-25)28-13-9-10-14-31(28)41-34(39)40/h9-10,13-14,16-21,23H,4-8,11-12,15,22,24H2,1-3H3,(H,39,40). The summed E-state index contributed by atoms with van der Waals surface area (Å²) in [7, 11) is 0. The molecule has 1 amide bonds. The van der Waals surface area contributed by atoms with Gasteiger partial charge in [-0.3, -0.25) is 4.79 Å². The molecule has 4 rings (SSSR count). The number of rotatable bonds is 14. The van der Waals surface area contributed by atoms with Crippen molar-refractivity contribution in [2.75, 3.05) is 11.4 Å². The molecule has 7 heteroatoms. The van der Waals surface area contributed by atoms with E-state index in [0.717, 1.165) is 90.7 Å². The second-order valence-electron chi connectivity index (χ2n) is 10.5. The molecule has 0 radical (unpaired) electrons. The van der Waals surface area contributed by atoms with Crippen LogP contribution in [0.5, 0.6) is 5.75 Å². The van der Waals surface area contributed by atoms with Gasteiger partial charge >= 0.3 is 6.16 Å². The molecule has 0 aliphatic heterocycles. The number of carbonyl (C=O) groups excluding carboxylic acids is 1. The Kier molecular flexibility index (Phi) is 10.5. The van der Waals surface area contributed by atoms with Crippen molar-refractivity contribution in [3.8, 4) is 16.9 Å². The molecule has 7 nitrogen and oxygen atoms in total. The van der Waals surface area contributed by atoms with Gasteiger partial charge in [0.15, 0.2) is 0 Å². The van der Waals surface area contributed by atoms with Crippen molar-refractivity contribution >= 4 is 28.8 Å². The molecule has 0 atom stereocenters. The minimum absolute atomic E-state index is 0.169. The Morgan fingerprint density at radius 1 is 0.902 bits per heavy atom. The highest BCUT2D eigenvalue weighted by Crippen LogP contribution is 2.31. The number of anilines is 1. The zero-order valence-corrected chi connectivity index (χ0v) is 24.4. The van der Waals surface area contributed by atoms with E-state index >= 15 is 0 Å². The molecule has 1 heterocycles. The number of carbonyl (C=O) groups is 2. The van der Waals surface area contributed by atoms with Crippen LogP contribution in [0, 0.1) is 0 Å². The third-order valence-corrected chi connectivity index (χ3v) is 7.32. The fourth-order valence-corrected chi connectivity index (χ4v) is 5.16. The number of amides is 1. The average molecular weight is 556 g/mol. The summed E-state index contributed by atoms with van der Waals surface area (Å²) in [6.45, 7) is 7.78. The highest BCUT2D eigenvalue weighted by Gasteiger charge is 2.18. The van der Waals surface area contributed by atoms with Gasteiger partial charge < -0.3 is 19.3 Å². The van der Waals surface area contributed by atoms with Crippen LogP contribution in [0.15, 0.2) is 66.7 Å². The number of ether oxygens (including phenoxy) is 1. The van der Waals surface area contributed by atoms with Crippen LogP contribution in [0.3, 0.4) is 0 Å². The fraction of sp³-hybridized carbons (Fsp3) is 0.382. The number of fused-ring (bicyclic) bond motifs is 1. The van der Waals surface area contributed by atoms with Crippen LogP contribution in [0.4, 0.5) is 10.5 Å². The first-order chi connectivity index (χ1) is 19.9. The maximum Gasteiger partial charge on any atom is 0.511 e. The lowest BCUT2D eigenvalue weighted by Gasteiger charge is -2.23. The first-order valence-electron chi connectivity index (χ1n) is 14.8. The largest absolute Gasteiger partial charge is 0.511 e. The van der Waals surface area contributed by atoms with E-state index in [9.17, 15) is 9.59 Å². The van der Waals surface area contributed by atoms with Gasteiger partial charge in [-0.1, -0.05) is 82.5 Å². The van der Waals surface area contributed by atoms with Crippen LogP contribution in [-0.2, 0) is 17.8 Å². The Bertz CT molecular complexity index is 1460. The maximum absolute atomic E-state index is 13.1. The minimum Gasteiger partial charge on any atom is -0.449 e. The number of hydrogen-bond donors (Lipinski definition) is 1. The molecular weight excluding hydrogens is 514 g/mol. The van der Waals surface area contributed by atoms with E-state index in [-0.39, 0.29) is 5.91 Å². The number of aryl methyl sites for hydroxylation is 1. The van der Waals surface area contributed by atoms with Gasteiger partial charge in [-0.05, 0) is 54.7 Å². The summed E-state index contributed by atoms with van der Waals surface area (Å²) >= 11 is 0. The average Bonchev–Trinajstić information content (AvgIpc) is 3.31. The van der Waals surface area contributed by atoms with E-state index in [0.29, 0.717) is 18.7 Å². The van der Waals surface area contributed by atoms with E-state index < -0.39 is 6.16 Å². The zero-order chi connectivity index (χ0) is 29.2. The molecule has 4 aromatic rings. The zero-order valence-electron chi connectivity index (χ0n) is 24.4. The Labute approximate surface area is 242 Å². The second-order valence-corrected chi connectivity index (χ2v) is 10.5. The summed E-state index contributed by atoms with van der Waals surface area (Å²) in [5.74, 6) is 1.52. The number of nitrogens with zero attached hydrogens (tertiary/aromatic N) is 3. The van der Waals surface area contributed by atoms with Crippen molar-refractivity contribution in [2.45, 2.75) is 78.7 Å². The van der Waals surface area contributed by atoms with Gasteiger partial charge in [0.05, 0.1) is 11.0 Å². The number of unbranched alkanes of at least 4 members (excludes halogenated alkanes) is 3. The molecule has 0 saturated heterocycles. The molecule has 3 aromatic carbocycles. The molecule has 1 aromatic heterocycles. The Hall–Kier alpha value is -4.13. The number of benzene rings is 3. The predicted molar refractivity (Wildman–Crippen MR) is 165 cm³/mol. The molecule has 1 N–H and O–H groups in total. The first-order valence-corrected chi connectivity index (χ1v) is 14.8. The lowest BCUT2D eigenvalue weighted by molar-refractivity contribution is -0.118. The number of para-hydroxylation sites is 1. The van der Waals surface area contributed by atoms with E-state index in [4.69, 9.17) is 14.8 Å². The molecule has 41 heavy (non-hydrogen) atoms. The van der Waals surface area contributed by atoms with Crippen molar-refractivity contribution in [3.63, 3.8) is 0 Å². The van der Waals surface area contributed by atoms with E-state index in [2.05, 4.69) is 36.6 Å². The number of imidazole rings is 1. The molecule has 0 aliphatic carbocycles. The molecular formula is C34H41N3O4. The van der Waals surface area contributed by atoms with Gasteiger partial charge in [0.2, 0.25) is 5.91 Å². The van der Waals surface area contributed by atoms with Crippen molar-refractivity contribution in [3.05, 3.63) is 78.1 Å². The number of aromatic nitrogens is 2. The van der Waals surface area contributed by atoms with Gasteiger partial charge in [-0.2, -0.15) is 0 Å². The van der Waals surface area contributed by atoms with Crippen LogP contribution < -0.4 is 9.64 Å². The summed E-state index contributed by atoms with van der Waals surface area (Å²) in [6.07, 6.45) is 6.24. The highest BCUT2D eigenvalue weighted by atomic mass is 16.7. The van der Waals surface area contributed by atoms with Crippen LogP contribution >= 0.6 is 0 Å². The lowest BCUT2D eigenvalue weighted by atomic mass is 10.0. The molecule has 0 saturated carbocycles. The van der Waals surface area contributed by atoms with Crippen molar-refractivity contribution in [1.82, 2.24) is 9.55 Å². The second kappa shape index (κ2) is 14.5. The summed E-state index contributed by atoms with van der Waals surface area (Å²) in [4.78, 5) is 31.2. The molecule has 216 valence electrons. The molecule has 0 spiro atoms. The predicted octanol–water partition coefficient (Wildman–Crippen LogP) is 8.47. The Morgan fingerprint density at radius 3 is 2.37 bits per heavy atom. The quantitative estimate of drug-likeness (QED) is 0.0958. The van der Waals surface area contributed by atoms with Gasteiger partial charge in [0.25, 0.3) is 0 Å². The smallest absolute Gasteiger partial charge is 0.449 e. The van der Waals surface area contributed by atoms with Crippen LogP contribution in [0.2, 0.25) is 0 Å². The van der Waals surface area contributed by atoms with E-state index in [1.165, 1.54) is 0 Å². The Morgan fingerprint density at radius 2 is 1.66 bits per heavy atom.